The van der Waals surface area contributed by atoms with Crippen LogP contribution in [0.2, 0.25) is 0 Å². The van der Waals surface area contributed by atoms with Crippen LogP contribution in [0.25, 0.3) is 0 Å². The molecule has 1 aliphatic rings. The van der Waals surface area contributed by atoms with Crippen LogP contribution in [0, 0.1) is 13.8 Å². The number of aryl methyl sites for hydroxylation is 2. The summed E-state index contributed by atoms with van der Waals surface area (Å²) in [4.78, 5) is 26.4. The number of hydrogen-bond donors (Lipinski definition) is 2. The molecule has 0 saturated carbocycles. The van der Waals surface area contributed by atoms with Crippen molar-refractivity contribution in [3.63, 3.8) is 0 Å². The summed E-state index contributed by atoms with van der Waals surface area (Å²) in [6.45, 7) is 3.92. The van der Waals surface area contributed by atoms with Gasteiger partial charge in [-0.25, -0.2) is 9.59 Å². The highest BCUT2D eigenvalue weighted by molar-refractivity contribution is 5.95. The zero-order valence-electron chi connectivity index (χ0n) is 12.4. The van der Waals surface area contributed by atoms with Gasteiger partial charge >= 0.3 is 12.0 Å². The maximum atomic E-state index is 12.5. The van der Waals surface area contributed by atoms with E-state index in [0.29, 0.717) is 0 Å². The molecular weight excluding hydrogens is 272 g/mol. The van der Waals surface area contributed by atoms with Crippen LogP contribution in [0.1, 0.15) is 17.5 Å². The van der Waals surface area contributed by atoms with Gasteiger partial charge in [0.1, 0.15) is 6.04 Å². The first-order chi connectivity index (χ1) is 9.81. The van der Waals surface area contributed by atoms with Crippen LogP contribution < -0.4 is 4.90 Å². The van der Waals surface area contributed by atoms with Gasteiger partial charge in [-0.15, -0.1) is 0 Å². The Balaban J connectivity index is 2.24. The van der Waals surface area contributed by atoms with Crippen molar-refractivity contribution in [2.24, 2.45) is 0 Å². The molecule has 2 amide bonds. The van der Waals surface area contributed by atoms with Gasteiger partial charge in [0.25, 0.3) is 0 Å². The van der Waals surface area contributed by atoms with Gasteiger partial charge in [-0.3, -0.25) is 4.90 Å². The van der Waals surface area contributed by atoms with Crippen molar-refractivity contribution in [3.05, 3.63) is 29.3 Å². The van der Waals surface area contributed by atoms with E-state index < -0.39 is 24.1 Å². The number of amides is 2. The molecule has 1 fully saturated rings. The first-order valence-corrected chi connectivity index (χ1v) is 6.83. The van der Waals surface area contributed by atoms with Crippen LogP contribution >= 0.6 is 0 Å². The summed E-state index contributed by atoms with van der Waals surface area (Å²) in [5.74, 6) is -1.09. The van der Waals surface area contributed by atoms with Gasteiger partial charge in [-0.05, 0) is 25.5 Å². The number of hydrogen-bond acceptors (Lipinski definition) is 3. The van der Waals surface area contributed by atoms with Crippen molar-refractivity contribution in [1.29, 1.82) is 0 Å². The van der Waals surface area contributed by atoms with Crippen LogP contribution in [0.5, 0.6) is 0 Å². The smallest absolute Gasteiger partial charge is 0.326 e. The molecule has 1 heterocycles. The number of rotatable bonds is 2. The second kappa shape index (κ2) is 5.73. The zero-order valence-corrected chi connectivity index (χ0v) is 12.4. The standard InChI is InChI=1S/C15H20N2O4/c1-9-4-5-12(10(2)6-9)16(3)15(21)17-8-11(18)7-13(17)14(19)20/h4-6,11,13,18H,7-8H2,1-3H3,(H,19,20)/t11?,13-/m0/s1. The normalized spacial score (nSPS) is 21.4. The molecule has 6 nitrogen and oxygen atoms in total. The predicted molar refractivity (Wildman–Crippen MR) is 78.5 cm³/mol. The second-order valence-electron chi connectivity index (χ2n) is 5.53. The van der Waals surface area contributed by atoms with Gasteiger partial charge in [0.15, 0.2) is 0 Å². The number of benzene rings is 1. The van der Waals surface area contributed by atoms with E-state index in [2.05, 4.69) is 0 Å². The fourth-order valence-electron chi connectivity index (χ4n) is 2.74. The van der Waals surface area contributed by atoms with Crippen molar-refractivity contribution in [2.45, 2.75) is 32.4 Å². The van der Waals surface area contributed by atoms with E-state index in [1.54, 1.807) is 7.05 Å². The molecule has 2 rings (SSSR count). The zero-order chi connectivity index (χ0) is 15.7. The lowest BCUT2D eigenvalue weighted by Gasteiger charge is -2.28. The quantitative estimate of drug-likeness (QED) is 0.863. The molecule has 2 N–H and O–H groups in total. The van der Waals surface area contributed by atoms with Crippen molar-refractivity contribution in [1.82, 2.24) is 4.90 Å². The van der Waals surface area contributed by atoms with Gasteiger partial charge < -0.3 is 15.1 Å². The lowest BCUT2D eigenvalue weighted by Crippen LogP contribution is -2.47. The molecule has 1 aromatic rings. The number of likely N-dealkylation sites (tertiary alicyclic amines) is 1. The highest BCUT2D eigenvalue weighted by Gasteiger charge is 2.40. The fourth-order valence-corrected chi connectivity index (χ4v) is 2.74. The molecule has 21 heavy (non-hydrogen) atoms. The Morgan fingerprint density at radius 3 is 2.57 bits per heavy atom. The second-order valence-corrected chi connectivity index (χ2v) is 5.53. The number of carboxylic acids is 1. The molecule has 6 heteroatoms. The minimum Gasteiger partial charge on any atom is -0.480 e. The number of urea groups is 1. The van der Waals surface area contributed by atoms with Crippen molar-refractivity contribution >= 4 is 17.7 Å². The molecule has 1 saturated heterocycles. The van der Waals surface area contributed by atoms with E-state index in [9.17, 15) is 19.8 Å². The van der Waals surface area contributed by atoms with Gasteiger partial charge in [0.2, 0.25) is 0 Å². The lowest BCUT2D eigenvalue weighted by atomic mass is 10.1. The summed E-state index contributed by atoms with van der Waals surface area (Å²) < 4.78 is 0. The number of nitrogens with zero attached hydrogens (tertiary/aromatic N) is 2. The minimum absolute atomic E-state index is 0.0467. The third-order valence-corrected chi connectivity index (χ3v) is 3.81. The van der Waals surface area contributed by atoms with E-state index in [0.717, 1.165) is 16.8 Å². The summed E-state index contributed by atoms with van der Waals surface area (Å²) >= 11 is 0. The van der Waals surface area contributed by atoms with E-state index in [1.807, 2.05) is 32.0 Å². The topological polar surface area (TPSA) is 81.1 Å². The van der Waals surface area contributed by atoms with Crippen LogP contribution in [-0.2, 0) is 4.79 Å². The Morgan fingerprint density at radius 2 is 2.00 bits per heavy atom. The number of carboxylic acid groups (broad SMARTS) is 1. The molecule has 1 aliphatic heterocycles. The van der Waals surface area contributed by atoms with Gasteiger partial charge in [0.05, 0.1) is 6.10 Å². The summed E-state index contributed by atoms with van der Waals surface area (Å²) in [7, 11) is 1.61. The van der Waals surface area contributed by atoms with E-state index in [-0.39, 0.29) is 13.0 Å². The van der Waals surface area contributed by atoms with Crippen molar-refractivity contribution in [3.8, 4) is 0 Å². The van der Waals surface area contributed by atoms with Gasteiger partial charge in [-0.2, -0.15) is 0 Å². The Bertz CT molecular complexity index is 573. The van der Waals surface area contributed by atoms with Crippen molar-refractivity contribution in [2.75, 3.05) is 18.5 Å². The Morgan fingerprint density at radius 1 is 1.33 bits per heavy atom. The maximum Gasteiger partial charge on any atom is 0.326 e. The Hall–Kier alpha value is -2.08. The predicted octanol–water partition coefficient (Wildman–Crippen LogP) is 1.38. The lowest BCUT2D eigenvalue weighted by molar-refractivity contribution is -0.141. The molecule has 0 spiro atoms. The fraction of sp³-hybridized carbons (Fsp3) is 0.467. The third-order valence-electron chi connectivity index (χ3n) is 3.81. The molecule has 2 atom stereocenters. The summed E-state index contributed by atoms with van der Waals surface area (Å²) in [5, 5.41) is 18.8. The SMILES string of the molecule is Cc1ccc(N(C)C(=O)N2CC(O)C[C@H]2C(=O)O)c(C)c1. The number of anilines is 1. The number of carbonyl (C=O) groups is 2. The highest BCUT2D eigenvalue weighted by atomic mass is 16.4. The average Bonchev–Trinajstić information content (AvgIpc) is 2.79. The van der Waals surface area contributed by atoms with E-state index in [4.69, 9.17) is 0 Å². The van der Waals surface area contributed by atoms with Crippen LogP contribution in [0.4, 0.5) is 10.5 Å². The minimum atomic E-state index is -1.09. The van der Waals surface area contributed by atoms with Crippen LogP contribution in [-0.4, -0.2) is 52.9 Å². The maximum absolute atomic E-state index is 12.5. The molecule has 0 aromatic heterocycles. The largest absolute Gasteiger partial charge is 0.480 e. The number of β-amino-alcohol motifs (C(OH)–C–C–N with tert-alkyl or cyclic N) is 1. The number of aliphatic carboxylic acids is 1. The first-order valence-electron chi connectivity index (χ1n) is 6.83. The molecule has 1 aromatic carbocycles. The van der Waals surface area contributed by atoms with Gasteiger partial charge in [0, 0.05) is 25.7 Å². The van der Waals surface area contributed by atoms with Crippen LogP contribution in [0.3, 0.4) is 0 Å². The number of aliphatic hydroxyl groups excluding tert-OH is 1. The number of carbonyl (C=O) groups excluding carboxylic acids is 1. The van der Waals surface area contributed by atoms with E-state index >= 15 is 0 Å². The molecule has 0 aliphatic carbocycles. The highest BCUT2D eigenvalue weighted by Crippen LogP contribution is 2.25. The molecular formula is C15H20N2O4. The number of aliphatic hydroxyl groups is 1. The molecule has 114 valence electrons. The molecule has 0 radical (unpaired) electrons. The van der Waals surface area contributed by atoms with Crippen molar-refractivity contribution < 1.29 is 19.8 Å². The van der Waals surface area contributed by atoms with Crippen LogP contribution in [0.15, 0.2) is 18.2 Å². The Kier molecular flexibility index (Phi) is 4.18. The first kappa shape index (κ1) is 15.3. The summed E-state index contributed by atoms with van der Waals surface area (Å²) in [6.07, 6.45) is -0.718. The summed E-state index contributed by atoms with van der Waals surface area (Å²) in [5.41, 5.74) is 2.77. The monoisotopic (exact) mass is 292 g/mol. The average molecular weight is 292 g/mol. The molecule has 1 unspecified atom stereocenters. The van der Waals surface area contributed by atoms with E-state index in [1.165, 1.54) is 9.80 Å². The Labute approximate surface area is 123 Å². The van der Waals surface area contributed by atoms with Gasteiger partial charge in [-0.1, -0.05) is 17.7 Å². The summed E-state index contributed by atoms with van der Waals surface area (Å²) in [6, 6.07) is 4.32. The third kappa shape index (κ3) is 3.00. The molecule has 0 bridgehead atoms.